The standard InChI is InChI=1S/C24H37N5O3/c1-19-5-7-20(8-6-19)21(27-13-16-31-17-14-27)18-26-24(25-2)29-11-9-28(10-12-29)23(30)22-4-3-15-32-22/h5-8,21-22H,3-4,9-18H2,1-2H3,(H,25,26). The van der Waals surface area contributed by atoms with Gasteiger partial charge in [-0.3, -0.25) is 14.7 Å². The van der Waals surface area contributed by atoms with Gasteiger partial charge in [-0.25, -0.2) is 0 Å². The lowest BCUT2D eigenvalue weighted by molar-refractivity contribution is -0.142. The first-order chi connectivity index (χ1) is 15.7. The maximum atomic E-state index is 12.6. The smallest absolute Gasteiger partial charge is 0.251 e. The SMILES string of the molecule is CN=C(NCC(c1ccc(C)cc1)N1CCOCC1)N1CCN(C(=O)C2CCCO2)CC1. The molecule has 0 saturated carbocycles. The average molecular weight is 444 g/mol. The van der Waals surface area contributed by atoms with E-state index in [9.17, 15) is 4.79 Å². The number of rotatable bonds is 5. The Morgan fingerprint density at radius 3 is 2.38 bits per heavy atom. The van der Waals surface area contributed by atoms with Crippen LogP contribution in [0.2, 0.25) is 0 Å². The number of hydrogen-bond acceptors (Lipinski definition) is 5. The van der Waals surface area contributed by atoms with Crippen molar-refractivity contribution in [2.45, 2.75) is 31.9 Å². The minimum Gasteiger partial charge on any atom is -0.379 e. The van der Waals surface area contributed by atoms with E-state index in [1.54, 1.807) is 0 Å². The number of aliphatic imine (C=N–C) groups is 1. The highest BCUT2D eigenvalue weighted by Crippen LogP contribution is 2.22. The Morgan fingerprint density at radius 2 is 1.75 bits per heavy atom. The Morgan fingerprint density at radius 1 is 1.06 bits per heavy atom. The molecule has 0 aromatic heterocycles. The molecular weight excluding hydrogens is 406 g/mol. The van der Waals surface area contributed by atoms with Crippen molar-refractivity contribution in [2.75, 3.05) is 72.7 Å². The quantitative estimate of drug-likeness (QED) is 0.546. The molecule has 1 aromatic carbocycles. The van der Waals surface area contributed by atoms with Crippen molar-refractivity contribution in [1.82, 2.24) is 20.0 Å². The predicted octanol–water partition coefficient (Wildman–Crippen LogP) is 1.27. The molecule has 2 atom stereocenters. The molecule has 3 fully saturated rings. The Labute approximate surface area is 191 Å². The van der Waals surface area contributed by atoms with Gasteiger partial charge in [-0.2, -0.15) is 0 Å². The van der Waals surface area contributed by atoms with Crippen LogP contribution in [0.1, 0.15) is 30.0 Å². The fraction of sp³-hybridized carbons (Fsp3) is 0.667. The lowest BCUT2D eigenvalue weighted by Gasteiger charge is -2.39. The molecule has 176 valence electrons. The van der Waals surface area contributed by atoms with Crippen molar-refractivity contribution in [1.29, 1.82) is 0 Å². The zero-order chi connectivity index (χ0) is 22.3. The minimum absolute atomic E-state index is 0.150. The van der Waals surface area contributed by atoms with Gasteiger partial charge in [0.1, 0.15) is 6.10 Å². The van der Waals surface area contributed by atoms with Crippen LogP contribution in [0.25, 0.3) is 0 Å². The van der Waals surface area contributed by atoms with Crippen molar-refractivity contribution in [3.63, 3.8) is 0 Å². The largest absolute Gasteiger partial charge is 0.379 e. The van der Waals surface area contributed by atoms with E-state index in [-0.39, 0.29) is 18.1 Å². The van der Waals surface area contributed by atoms with Gasteiger partial charge in [-0.05, 0) is 25.3 Å². The summed E-state index contributed by atoms with van der Waals surface area (Å²) >= 11 is 0. The van der Waals surface area contributed by atoms with Gasteiger partial charge in [-0.15, -0.1) is 0 Å². The number of amides is 1. The van der Waals surface area contributed by atoms with Crippen molar-refractivity contribution < 1.29 is 14.3 Å². The Bertz CT molecular complexity index is 764. The van der Waals surface area contributed by atoms with Crippen molar-refractivity contribution >= 4 is 11.9 Å². The van der Waals surface area contributed by atoms with E-state index in [1.807, 2.05) is 11.9 Å². The first kappa shape index (κ1) is 23.0. The van der Waals surface area contributed by atoms with Gasteiger partial charge in [0.25, 0.3) is 5.91 Å². The highest BCUT2D eigenvalue weighted by Gasteiger charge is 2.31. The summed E-state index contributed by atoms with van der Waals surface area (Å²) in [6.07, 6.45) is 1.60. The van der Waals surface area contributed by atoms with Crippen molar-refractivity contribution in [3.8, 4) is 0 Å². The second-order valence-electron chi connectivity index (χ2n) is 8.82. The molecule has 0 bridgehead atoms. The van der Waals surface area contributed by atoms with Gasteiger partial charge in [0, 0.05) is 59.5 Å². The van der Waals surface area contributed by atoms with Crippen LogP contribution in [0.5, 0.6) is 0 Å². The van der Waals surface area contributed by atoms with E-state index in [1.165, 1.54) is 11.1 Å². The summed E-state index contributed by atoms with van der Waals surface area (Å²) in [7, 11) is 1.84. The van der Waals surface area contributed by atoms with Crippen molar-refractivity contribution in [3.05, 3.63) is 35.4 Å². The molecule has 4 rings (SSSR count). The summed E-state index contributed by atoms with van der Waals surface area (Å²) in [5.41, 5.74) is 2.58. The number of piperazine rings is 1. The number of nitrogens with zero attached hydrogens (tertiary/aromatic N) is 4. The van der Waals surface area contributed by atoms with Crippen LogP contribution >= 0.6 is 0 Å². The Balaban J connectivity index is 1.34. The summed E-state index contributed by atoms with van der Waals surface area (Å²) in [5, 5.41) is 3.61. The second-order valence-corrected chi connectivity index (χ2v) is 8.82. The van der Waals surface area contributed by atoms with Crippen LogP contribution in [-0.2, 0) is 14.3 Å². The van der Waals surface area contributed by atoms with E-state index in [0.29, 0.717) is 19.7 Å². The molecule has 3 aliphatic heterocycles. The molecular formula is C24H37N5O3. The highest BCUT2D eigenvalue weighted by molar-refractivity contribution is 5.82. The second kappa shape index (κ2) is 11.1. The number of carbonyl (C=O) groups excluding carboxylic acids is 1. The molecule has 1 aromatic rings. The number of nitrogens with one attached hydrogen (secondary N) is 1. The molecule has 0 radical (unpaired) electrons. The molecule has 8 nitrogen and oxygen atoms in total. The summed E-state index contributed by atoms with van der Waals surface area (Å²) in [4.78, 5) is 23.9. The molecule has 32 heavy (non-hydrogen) atoms. The molecule has 3 saturated heterocycles. The lowest BCUT2D eigenvalue weighted by atomic mass is 10.0. The van der Waals surface area contributed by atoms with E-state index in [2.05, 4.69) is 51.3 Å². The summed E-state index contributed by atoms with van der Waals surface area (Å²) in [5.74, 6) is 1.05. The van der Waals surface area contributed by atoms with Gasteiger partial charge in [0.05, 0.1) is 19.3 Å². The molecule has 3 aliphatic rings. The number of guanidine groups is 1. The number of carbonyl (C=O) groups is 1. The predicted molar refractivity (Wildman–Crippen MR) is 125 cm³/mol. The van der Waals surface area contributed by atoms with Crippen LogP contribution in [0.15, 0.2) is 29.3 Å². The number of morpholine rings is 1. The number of ether oxygens (including phenoxy) is 2. The van der Waals surface area contributed by atoms with Gasteiger partial charge in [0.2, 0.25) is 0 Å². The van der Waals surface area contributed by atoms with E-state index < -0.39 is 0 Å². The van der Waals surface area contributed by atoms with Crippen LogP contribution < -0.4 is 5.32 Å². The van der Waals surface area contributed by atoms with Gasteiger partial charge >= 0.3 is 0 Å². The maximum Gasteiger partial charge on any atom is 0.251 e. The lowest BCUT2D eigenvalue weighted by Crippen LogP contribution is -2.56. The van der Waals surface area contributed by atoms with Crippen LogP contribution in [0.3, 0.4) is 0 Å². The third-order valence-corrected chi connectivity index (χ3v) is 6.71. The minimum atomic E-state index is -0.234. The highest BCUT2D eigenvalue weighted by atomic mass is 16.5. The van der Waals surface area contributed by atoms with Gasteiger partial charge in [0.15, 0.2) is 5.96 Å². The topological polar surface area (TPSA) is 69.6 Å². The average Bonchev–Trinajstić information content (AvgIpc) is 3.38. The van der Waals surface area contributed by atoms with E-state index in [4.69, 9.17) is 9.47 Å². The first-order valence-corrected chi connectivity index (χ1v) is 11.9. The maximum absolute atomic E-state index is 12.6. The molecule has 2 unspecified atom stereocenters. The molecule has 8 heteroatoms. The Kier molecular flexibility index (Phi) is 8.00. The monoisotopic (exact) mass is 443 g/mol. The molecule has 1 N–H and O–H groups in total. The van der Waals surface area contributed by atoms with Crippen LogP contribution in [-0.4, -0.2) is 105 Å². The molecule has 0 spiro atoms. The fourth-order valence-corrected chi connectivity index (χ4v) is 4.77. The third kappa shape index (κ3) is 5.60. The van der Waals surface area contributed by atoms with Crippen LogP contribution in [0, 0.1) is 6.92 Å². The number of aryl methyl sites for hydroxylation is 1. The first-order valence-electron chi connectivity index (χ1n) is 11.9. The molecule has 1 amide bonds. The number of benzene rings is 1. The molecule has 0 aliphatic carbocycles. The third-order valence-electron chi connectivity index (χ3n) is 6.71. The fourth-order valence-electron chi connectivity index (χ4n) is 4.77. The zero-order valence-corrected chi connectivity index (χ0v) is 19.5. The summed E-state index contributed by atoms with van der Waals surface area (Å²) in [6.45, 7) is 10.0. The van der Waals surface area contributed by atoms with Gasteiger partial charge in [-0.1, -0.05) is 29.8 Å². The Hall–Kier alpha value is -2.16. The summed E-state index contributed by atoms with van der Waals surface area (Å²) < 4.78 is 11.2. The van der Waals surface area contributed by atoms with E-state index >= 15 is 0 Å². The normalized spacial score (nSPS) is 23.9. The summed E-state index contributed by atoms with van der Waals surface area (Å²) in [6, 6.07) is 9.09. The van der Waals surface area contributed by atoms with Gasteiger partial charge < -0.3 is 24.6 Å². The zero-order valence-electron chi connectivity index (χ0n) is 19.5. The number of hydrogen-bond donors (Lipinski definition) is 1. The van der Waals surface area contributed by atoms with Crippen LogP contribution in [0.4, 0.5) is 0 Å². The molecule has 3 heterocycles. The van der Waals surface area contributed by atoms with E-state index in [0.717, 1.165) is 64.7 Å². The van der Waals surface area contributed by atoms with Crippen molar-refractivity contribution in [2.24, 2.45) is 4.99 Å².